The Bertz CT molecular complexity index is 982. The molecule has 1 heterocycles. The number of alkyl halides is 6. The van der Waals surface area contributed by atoms with Crippen LogP contribution in [0.4, 0.5) is 26.3 Å². The summed E-state index contributed by atoms with van der Waals surface area (Å²) in [6, 6.07) is 15.6. The van der Waals surface area contributed by atoms with E-state index in [4.69, 9.17) is 4.74 Å². The first-order chi connectivity index (χ1) is 18.1. The van der Waals surface area contributed by atoms with Gasteiger partial charge >= 0.3 is 12.4 Å². The van der Waals surface area contributed by atoms with Gasteiger partial charge in [0.05, 0.1) is 25.0 Å². The lowest BCUT2D eigenvalue weighted by Gasteiger charge is -2.50. The molecule has 4 rings (SSSR count). The second kappa shape index (κ2) is 12.3. The van der Waals surface area contributed by atoms with Crippen LogP contribution < -0.4 is 10.1 Å². The predicted molar refractivity (Wildman–Crippen MR) is 135 cm³/mol. The number of benzene rings is 2. The first-order valence-corrected chi connectivity index (χ1v) is 13.3. The predicted octanol–water partition coefficient (Wildman–Crippen LogP) is 7.40. The van der Waals surface area contributed by atoms with Crippen LogP contribution in [0.3, 0.4) is 0 Å². The number of halogens is 6. The molecule has 1 saturated heterocycles. The summed E-state index contributed by atoms with van der Waals surface area (Å²) in [6.07, 6.45) is -6.36. The standard InChI is InChI=1S/C29H36F6N2O/c1-38-26-15-9-8-14-22(26)25(17-36-16-20-10-4-2-5-11-20)37-18-23(28(30,31)32)27(21-12-6-3-7-13-21)24(19-37)29(33,34)35/h2,4-5,8-11,14-15,21,23-25,27,36H,3,6-7,12-13,16-19H2,1H3. The molecule has 0 amide bonds. The maximum Gasteiger partial charge on any atom is 0.393 e. The first kappa shape index (κ1) is 28.7. The zero-order chi connectivity index (χ0) is 27.3. The Labute approximate surface area is 220 Å². The minimum absolute atomic E-state index is 0.179. The normalized spacial score (nSPS) is 24.8. The van der Waals surface area contributed by atoms with Gasteiger partial charge < -0.3 is 10.1 Å². The average Bonchev–Trinajstić information content (AvgIpc) is 2.90. The van der Waals surface area contributed by atoms with E-state index in [1.807, 2.05) is 30.3 Å². The quantitative estimate of drug-likeness (QED) is 0.352. The monoisotopic (exact) mass is 542 g/mol. The van der Waals surface area contributed by atoms with Gasteiger partial charge in [0.25, 0.3) is 0 Å². The zero-order valence-corrected chi connectivity index (χ0v) is 21.6. The van der Waals surface area contributed by atoms with Crippen molar-refractivity contribution in [3.8, 4) is 5.75 Å². The van der Waals surface area contributed by atoms with Gasteiger partial charge in [0, 0.05) is 31.7 Å². The fraction of sp³-hybridized carbons (Fsp3) is 0.586. The van der Waals surface area contributed by atoms with Gasteiger partial charge in [0.2, 0.25) is 0 Å². The van der Waals surface area contributed by atoms with Gasteiger partial charge in [-0.25, -0.2) is 0 Å². The number of hydrogen-bond acceptors (Lipinski definition) is 3. The molecule has 2 aliphatic rings. The van der Waals surface area contributed by atoms with E-state index >= 15 is 0 Å². The molecule has 3 unspecified atom stereocenters. The zero-order valence-electron chi connectivity index (χ0n) is 21.6. The second-order valence-corrected chi connectivity index (χ2v) is 10.6. The Morgan fingerprint density at radius 2 is 1.42 bits per heavy atom. The van der Waals surface area contributed by atoms with E-state index in [1.54, 1.807) is 24.3 Å². The van der Waals surface area contributed by atoms with Gasteiger partial charge in [-0.3, -0.25) is 4.90 Å². The fourth-order valence-electron chi connectivity index (χ4n) is 6.50. The third-order valence-electron chi connectivity index (χ3n) is 8.28. The summed E-state index contributed by atoms with van der Waals surface area (Å²) in [4.78, 5) is 1.39. The van der Waals surface area contributed by atoms with Crippen LogP contribution in [0.25, 0.3) is 0 Å². The van der Waals surface area contributed by atoms with Crippen LogP contribution in [-0.4, -0.2) is 44.0 Å². The molecule has 210 valence electrons. The highest BCUT2D eigenvalue weighted by atomic mass is 19.4. The van der Waals surface area contributed by atoms with Gasteiger partial charge in [-0.2, -0.15) is 26.3 Å². The molecule has 0 radical (unpaired) electrons. The van der Waals surface area contributed by atoms with Crippen LogP contribution in [0, 0.1) is 23.7 Å². The minimum atomic E-state index is -4.73. The lowest BCUT2D eigenvalue weighted by molar-refractivity contribution is -0.266. The van der Waals surface area contributed by atoms with Gasteiger partial charge in [0.1, 0.15) is 5.75 Å². The third kappa shape index (κ3) is 6.84. The van der Waals surface area contributed by atoms with Crippen LogP contribution in [0.15, 0.2) is 54.6 Å². The molecule has 2 aromatic rings. The number of hydrogen-bond donors (Lipinski definition) is 1. The molecule has 1 aliphatic heterocycles. The summed E-state index contributed by atoms with van der Waals surface area (Å²) >= 11 is 0. The maximum absolute atomic E-state index is 14.5. The number of rotatable bonds is 8. The SMILES string of the molecule is COc1ccccc1C(CNCc1ccccc1)N1CC(C(F)(F)F)C(C2CCCCC2)C(C(F)(F)F)C1. The Morgan fingerprint density at radius 3 is 2.00 bits per heavy atom. The van der Waals surface area contributed by atoms with Crippen LogP contribution in [0.2, 0.25) is 0 Å². The summed E-state index contributed by atoms with van der Waals surface area (Å²) in [5.74, 6) is -5.66. The van der Waals surface area contributed by atoms with Crippen molar-refractivity contribution in [1.29, 1.82) is 0 Å². The largest absolute Gasteiger partial charge is 0.496 e. The van der Waals surface area contributed by atoms with Crippen LogP contribution in [0.1, 0.15) is 49.3 Å². The highest BCUT2D eigenvalue weighted by molar-refractivity contribution is 5.36. The Hall–Kier alpha value is -2.26. The summed E-state index contributed by atoms with van der Waals surface area (Å²) < 4.78 is 92.7. The second-order valence-electron chi connectivity index (χ2n) is 10.6. The molecule has 1 saturated carbocycles. The molecule has 3 atom stereocenters. The molecule has 1 aliphatic carbocycles. The number of nitrogens with zero attached hydrogens (tertiary/aromatic N) is 1. The van der Waals surface area contributed by atoms with Gasteiger partial charge in [-0.05, 0) is 23.5 Å². The number of likely N-dealkylation sites (tertiary alicyclic amines) is 1. The van der Waals surface area contributed by atoms with Crippen molar-refractivity contribution in [1.82, 2.24) is 10.2 Å². The number of para-hydroxylation sites is 1. The molecule has 3 nitrogen and oxygen atoms in total. The van der Waals surface area contributed by atoms with Crippen molar-refractivity contribution in [2.24, 2.45) is 23.7 Å². The first-order valence-electron chi connectivity index (χ1n) is 13.3. The third-order valence-corrected chi connectivity index (χ3v) is 8.28. The molecule has 2 aromatic carbocycles. The van der Waals surface area contributed by atoms with E-state index in [0.717, 1.165) is 12.0 Å². The molecule has 0 aromatic heterocycles. The van der Waals surface area contributed by atoms with Crippen molar-refractivity contribution in [3.63, 3.8) is 0 Å². The summed E-state index contributed by atoms with van der Waals surface area (Å²) in [6.45, 7) is -0.311. The van der Waals surface area contributed by atoms with Gasteiger partial charge in [-0.15, -0.1) is 0 Å². The molecule has 0 bridgehead atoms. The van der Waals surface area contributed by atoms with Gasteiger partial charge in [-0.1, -0.05) is 80.6 Å². The van der Waals surface area contributed by atoms with E-state index in [0.29, 0.717) is 43.5 Å². The lowest BCUT2D eigenvalue weighted by Crippen LogP contribution is -2.58. The van der Waals surface area contributed by atoms with Crippen molar-refractivity contribution in [2.45, 2.75) is 57.0 Å². The van der Waals surface area contributed by atoms with E-state index in [2.05, 4.69) is 5.32 Å². The summed E-state index contributed by atoms with van der Waals surface area (Å²) in [7, 11) is 1.46. The van der Waals surface area contributed by atoms with E-state index in [-0.39, 0.29) is 6.54 Å². The summed E-state index contributed by atoms with van der Waals surface area (Å²) in [5.41, 5.74) is 1.55. The van der Waals surface area contributed by atoms with E-state index in [9.17, 15) is 26.3 Å². The van der Waals surface area contributed by atoms with Crippen LogP contribution >= 0.6 is 0 Å². The Balaban J connectivity index is 1.68. The topological polar surface area (TPSA) is 24.5 Å². The highest BCUT2D eigenvalue weighted by Crippen LogP contribution is 2.52. The average molecular weight is 543 g/mol. The van der Waals surface area contributed by atoms with Crippen molar-refractivity contribution >= 4 is 0 Å². The van der Waals surface area contributed by atoms with Crippen molar-refractivity contribution in [2.75, 3.05) is 26.7 Å². The molecular weight excluding hydrogens is 506 g/mol. The highest BCUT2D eigenvalue weighted by Gasteiger charge is 2.60. The maximum atomic E-state index is 14.5. The molecule has 9 heteroatoms. The van der Waals surface area contributed by atoms with Gasteiger partial charge in [0.15, 0.2) is 0 Å². The summed E-state index contributed by atoms with van der Waals surface area (Å²) in [5, 5.41) is 3.27. The Kier molecular flexibility index (Phi) is 9.29. The van der Waals surface area contributed by atoms with Crippen LogP contribution in [0.5, 0.6) is 5.75 Å². The number of methoxy groups -OCH3 is 1. The van der Waals surface area contributed by atoms with E-state index < -0.39 is 55.2 Å². The number of piperidine rings is 1. The smallest absolute Gasteiger partial charge is 0.393 e. The number of nitrogens with one attached hydrogen (secondary N) is 1. The fourth-order valence-corrected chi connectivity index (χ4v) is 6.50. The number of ether oxygens (including phenoxy) is 1. The lowest BCUT2D eigenvalue weighted by atomic mass is 9.65. The molecule has 1 N–H and O–H groups in total. The minimum Gasteiger partial charge on any atom is -0.496 e. The molecule has 38 heavy (non-hydrogen) atoms. The molecule has 0 spiro atoms. The molecular formula is C29H36F6N2O. The van der Waals surface area contributed by atoms with E-state index in [1.165, 1.54) is 12.0 Å². The van der Waals surface area contributed by atoms with Crippen molar-refractivity contribution in [3.05, 3.63) is 65.7 Å². The molecule has 2 fully saturated rings. The Morgan fingerprint density at radius 1 is 0.842 bits per heavy atom. The van der Waals surface area contributed by atoms with Crippen molar-refractivity contribution < 1.29 is 31.1 Å². The van der Waals surface area contributed by atoms with Crippen LogP contribution in [-0.2, 0) is 6.54 Å².